The number of pyridine rings is 1. The summed E-state index contributed by atoms with van der Waals surface area (Å²) in [6, 6.07) is 16.1. The standard InChI is InChI=1S/C25H19ClN2O3S/c1-28-22-11-9-17(5-3-6-18-10-12-24(31-2)27-16-18)14-21(22)25(29)23(32(28)30)15-19-7-4-8-20(26)13-19/h4,7-16H,6H2,1-2H3/b23-15+. The molecule has 0 spiro atoms. The van der Waals surface area contributed by atoms with Crippen LogP contribution >= 0.6 is 11.6 Å². The summed E-state index contributed by atoms with van der Waals surface area (Å²) in [5, 5.41) is 0.548. The van der Waals surface area contributed by atoms with Gasteiger partial charge in [-0.15, -0.1) is 0 Å². The summed E-state index contributed by atoms with van der Waals surface area (Å²) in [6.07, 6.45) is 3.87. The fourth-order valence-electron chi connectivity index (χ4n) is 3.27. The second-order valence-electron chi connectivity index (χ2n) is 7.06. The number of hydrogen-bond acceptors (Lipinski definition) is 4. The van der Waals surface area contributed by atoms with Crippen molar-refractivity contribution in [3.05, 3.63) is 93.0 Å². The lowest BCUT2D eigenvalue weighted by Gasteiger charge is -2.27. The molecule has 0 saturated heterocycles. The second kappa shape index (κ2) is 9.39. The van der Waals surface area contributed by atoms with Gasteiger partial charge < -0.3 is 4.74 Å². The minimum absolute atomic E-state index is 0.205. The van der Waals surface area contributed by atoms with Crippen molar-refractivity contribution in [2.24, 2.45) is 0 Å². The number of ether oxygens (including phenoxy) is 1. The first kappa shape index (κ1) is 21.8. The van der Waals surface area contributed by atoms with E-state index in [0.717, 1.165) is 11.1 Å². The number of Topliss-reactive ketones (excluding diaryl/α,β-unsaturated/α-hetero) is 1. The van der Waals surface area contributed by atoms with Crippen molar-refractivity contribution in [3.8, 4) is 17.7 Å². The van der Waals surface area contributed by atoms with E-state index < -0.39 is 11.0 Å². The Balaban J connectivity index is 1.62. The minimum Gasteiger partial charge on any atom is -0.481 e. The zero-order valence-corrected chi connectivity index (χ0v) is 19.0. The van der Waals surface area contributed by atoms with Crippen LogP contribution in [-0.2, 0) is 17.4 Å². The van der Waals surface area contributed by atoms with Gasteiger partial charge in [-0.1, -0.05) is 41.6 Å². The molecule has 0 aliphatic carbocycles. The maximum Gasteiger partial charge on any atom is 0.212 e. The number of hydrogen-bond donors (Lipinski definition) is 0. The van der Waals surface area contributed by atoms with E-state index >= 15 is 0 Å². The van der Waals surface area contributed by atoms with E-state index in [2.05, 4.69) is 16.8 Å². The Kier molecular flexibility index (Phi) is 6.40. The van der Waals surface area contributed by atoms with Crippen LogP contribution in [0.5, 0.6) is 5.88 Å². The van der Waals surface area contributed by atoms with Crippen LogP contribution in [0.4, 0.5) is 5.69 Å². The van der Waals surface area contributed by atoms with E-state index in [1.165, 1.54) is 0 Å². The molecule has 1 atom stereocenters. The van der Waals surface area contributed by atoms with Crippen molar-refractivity contribution in [2.45, 2.75) is 6.42 Å². The largest absolute Gasteiger partial charge is 0.481 e. The quantitative estimate of drug-likeness (QED) is 0.419. The predicted molar refractivity (Wildman–Crippen MR) is 128 cm³/mol. The maximum atomic E-state index is 13.2. The number of methoxy groups -OCH3 is 1. The molecular weight excluding hydrogens is 444 g/mol. The Morgan fingerprint density at radius 3 is 2.75 bits per heavy atom. The zero-order valence-electron chi connectivity index (χ0n) is 17.5. The maximum absolute atomic E-state index is 13.2. The van der Waals surface area contributed by atoms with Crippen LogP contribution in [0.1, 0.15) is 27.0 Å². The molecule has 0 amide bonds. The Morgan fingerprint density at radius 2 is 2.03 bits per heavy atom. The Morgan fingerprint density at radius 1 is 1.19 bits per heavy atom. The van der Waals surface area contributed by atoms with E-state index in [1.54, 1.807) is 67.1 Å². The van der Waals surface area contributed by atoms with Gasteiger partial charge in [0.15, 0.2) is 11.0 Å². The lowest BCUT2D eigenvalue weighted by Crippen LogP contribution is -2.31. The molecule has 4 rings (SSSR count). The number of fused-ring (bicyclic) bond motifs is 1. The van der Waals surface area contributed by atoms with Crippen LogP contribution in [0.15, 0.2) is 65.7 Å². The van der Waals surface area contributed by atoms with Gasteiger partial charge in [0, 0.05) is 41.9 Å². The molecule has 7 heteroatoms. The normalized spacial score (nSPS) is 16.3. The van der Waals surface area contributed by atoms with Gasteiger partial charge in [-0.25, -0.2) is 9.19 Å². The summed E-state index contributed by atoms with van der Waals surface area (Å²) in [5.74, 6) is 6.48. The molecular formula is C25H19ClN2O3S. The van der Waals surface area contributed by atoms with Gasteiger partial charge in [-0.05, 0) is 47.5 Å². The highest BCUT2D eigenvalue weighted by atomic mass is 35.5. The molecule has 0 N–H and O–H groups in total. The highest BCUT2D eigenvalue weighted by Gasteiger charge is 2.31. The van der Waals surface area contributed by atoms with Gasteiger partial charge >= 0.3 is 0 Å². The van der Waals surface area contributed by atoms with Crippen molar-refractivity contribution in [1.82, 2.24) is 4.98 Å². The average molecular weight is 463 g/mol. The number of carbonyl (C=O) groups is 1. The zero-order chi connectivity index (χ0) is 22.7. The van der Waals surface area contributed by atoms with Gasteiger partial charge in [-0.3, -0.25) is 9.10 Å². The van der Waals surface area contributed by atoms with Gasteiger partial charge in [0.25, 0.3) is 0 Å². The van der Waals surface area contributed by atoms with Crippen molar-refractivity contribution in [3.63, 3.8) is 0 Å². The smallest absolute Gasteiger partial charge is 0.212 e. The summed E-state index contributed by atoms with van der Waals surface area (Å²) >= 11 is 6.05. The Hall–Kier alpha value is -3.40. The van der Waals surface area contributed by atoms with Crippen LogP contribution in [0.25, 0.3) is 6.08 Å². The second-order valence-corrected chi connectivity index (χ2v) is 8.98. The fourth-order valence-corrected chi connectivity index (χ4v) is 4.60. The SMILES string of the molecule is COc1ccc(CC#Cc2ccc3c(c2)C(=O)/C(=C\c2cccc(Cl)c2)S(=O)N3C)cn1. The van der Waals surface area contributed by atoms with Crippen molar-refractivity contribution < 1.29 is 13.7 Å². The number of carbonyl (C=O) groups excluding carboxylic acids is 1. The first-order chi connectivity index (χ1) is 15.5. The molecule has 3 aromatic rings. The molecule has 0 saturated carbocycles. The highest BCUT2D eigenvalue weighted by Crippen LogP contribution is 2.33. The molecule has 2 aromatic carbocycles. The van der Waals surface area contributed by atoms with Gasteiger partial charge in [-0.2, -0.15) is 0 Å². The minimum atomic E-state index is -1.61. The van der Waals surface area contributed by atoms with Crippen molar-refractivity contribution >= 4 is 40.1 Å². The molecule has 0 radical (unpaired) electrons. The number of allylic oxidation sites excluding steroid dienone is 1. The van der Waals surface area contributed by atoms with Crippen LogP contribution in [0.3, 0.4) is 0 Å². The monoisotopic (exact) mass is 462 g/mol. The molecule has 5 nitrogen and oxygen atoms in total. The van der Waals surface area contributed by atoms with E-state index in [0.29, 0.717) is 34.1 Å². The molecule has 1 aliphatic rings. The predicted octanol–water partition coefficient (Wildman–Crippen LogP) is 4.68. The number of anilines is 1. The van der Waals surface area contributed by atoms with Crippen LogP contribution in [-0.4, -0.2) is 29.1 Å². The van der Waals surface area contributed by atoms with Gasteiger partial charge in [0.1, 0.15) is 4.91 Å². The number of ketones is 1. The molecule has 0 bridgehead atoms. The topological polar surface area (TPSA) is 59.5 Å². The lowest BCUT2D eigenvalue weighted by atomic mass is 10.0. The number of benzene rings is 2. The Labute approximate surface area is 194 Å². The molecule has 160 valence electrons. The molecule has 1 unspecified atom stereocenters. The number of halogens is 1. The first-order valence-electron chi connectivity index (χ1n) is 9.75. The van der Waals surface area contributed by atoms with Crippen LogP contribution in [0, 0.1) is 11.8 Å². The van der Waals surface area contributed by atoms with Gasteiger partial charge in [0.05, 0.1) is 12.8 Å². The highest BCUT2D eigenvalue weighted by molar-refractivity contribution is 7.91. The van der Waals surface area contributed by atoms with Crippen LogP contribution in [0.2, 0.25) is 5.02 Å². The summed E-state index contributed by atoms with van der Waals surface area (Å²) in [6.45, 7) is 0. The number of rotatable bonds is 3. The molecule has 2 heterocycles. The average Bonchev–Trinajstić information content (AvgIpc) is 2.81. The summed E-state index contributed by atoms with van der Waals surface area (Å²) < 4.78 is 19.6. The third kappa shape index (κ3) is 4.59. The summed E-state index contributed by atoms with van der Waals surface area (Å²) in [5.41, 5.74) is 3.48. The lowest BCUT2D eigenvalue weighted by molar-refractivity contribution is 0.104. The van der Waals surface area contributed by atoms with E-state index in [9.17, 15) is 9.00 Å². The third-order valence-electron chi connectivity index (χ3n) is 4.92. The van der Waals surface area contributed by atoms with E-state index in [-0.39, 0.29) is 10.7 Å². The summed E-state index contributed by atoms with van der Waals surface area (Å²) in [7, 11) is 1.66. The molecule has 32 heavy (non-hydrogen) atoms. The summed E-state index contributed by atoms with van der Waals surface area (Å²) in [4.78, 5) is 17.6. The van der Waals surface area contributed by atoms with E-state index in [1.807, 2.05) is 18.2 Å². The fraction of sp³-hybridized carbons (Fsp3) is 0.120. The van der Waals surface area contributed by atoms with Crippen molar-refractivity contribution in [2.75, 3.05) is 18.5 Å². The molecule has 1 aliphatic heterocycles. The Bertz CT molecular complexity index is 1310. The van der Waals surface area contributed by atoms with E-state index in [4.69, 9.17) is 16.3 Å². The third-order valence-corrected chi connectivity index (χ3v) is 6.53. The van der Waals surface area contributed by atoms with Crippen LogP contribution < -0.4 is 9.04 Å². The molecule has 0 fully saturated rings. The molecule has 1 aromatic heterocycles. The number of aromatic nitrogens is 1. The first-order valence-corrected chi connectivity index (χ1v) is 11.2. The van der Waals surface area contributed by atoms with Gasteiger partial charge in [0.2, 0.25) is 11.7 Å². The number of nitrogens with zero attached hydrogens (tertiary/aromatic N) is 2. The van der Waals surface area contributed by atoms with Crippen molar-refractivity contribution in [1.29, 1.82) is 0 Å².